The summed E-state index contributed by atoms with van der Waals surface area (Å²) in [5.41, 5.74) is 0. The van der Waals surface area contributed by atoms with Crippen molar-refractivity contribution in [2.45, 2.75) is 52.0 Å². The van der Waals surface area contributed by atoms with Gasteiger partial charge in [-0.3, -0.25) is 9.59 Å². The first-order chi connectivity index (χ1) is 12.5. The first kappa shape index (κ1) is 20.7. The molecule has 3 atom stereocenters. The third kappa shape index (κ3) is 6.98. The molecule has 0 bridgehead atoms. The SMILES string of the molecule is CC1CCCC(NC(=O)COC(=O)CCCOc2cccc(Br)c2)C1C. The summed E-state index contributed by atoms with van der Waals surface area (Å²) in [5.74, 6) is 1.24. The molecule has 5 nitrogen and oxygen atoms in total. The molecule has 0 radical (unpaired) electrons. The molecule has 1 aliphatic rings. The topological polar surface area (TPSA) is 64.6 Å². The van der Waals surface area contributed by atoms with E-state index in [1.54, 1.807) is 0 Å². The van der Waals surface area contributed by atoms with Crippen molar-refractivity contribution >= 4 is 27.8 Å². The summed E-state index contributed by atoms with van der Waals surface area (Å²) < 4.78 is 11.6. The molecular formula is C20H28BrNO4. The summed E-state index contributed by atoms with van der Waals surface area (Å²) >= 11 is 3.38. The molecule has 1 aliphatic carbocycles. The van der Waals surface area contributed by atoms with E-state index in [4.69, 9.17) is 9.47 Å². The molecular weight excluding hydrogens is 398 g/mol. The maximum atomic E-state index is 12.0. The number of esters is 1. The summed E-state index contributed by atoms with van der Waals surface area (Å²) in [6, 6.07) is 7.73. The minimum Gasteiger partial charge on any atom is -0.494 e. The number of halogens is 1. The van der Waals surface area contributed by atoms with Gasteiger partial charge in [-0.15, -0.1) is 0 Å². The normalized spacial score (nSPS) is 22.5. The smallest absolute Gasteiger partial charge is 0.306 e. The maximum Gasteiger partial charge on any atom is 0.306 e. The average Bonchev–Trinajstić information content (AvgIpc) is 2.61. The Morgan fingerprint density at radius 2 is 2.08 bits per heavy atom. The highest BCUT2D eigenvalue weighted by Gasteiger charge is 2.28. The second-order valence-corrected chi connectivity index (χ2v) is 7.93. The van der Waals surface area contributed by atoms with Gasteiger partial charge in [-0.1, -0.05) is 48.7 Å². The van der Waals surface area contributed by atoms with Gasteiger partial charge in [-0.2, -0.15) is 0 Å². The van der Waals surface area contributed by atoms with Crippen molar-refractivity contribution in [3.63, 3.8) is 0 Å². The number of hydrogen-bond donors (Lipinski definition) is 1. The molecule has 3 unspecified atom stereocenters. The fourth-order valence-electron chi connectivity index (χ4n) is 3.22. The van der Waals surface area contributed by atoms with E-state index in [0.29, 0.717) is 24.9 Å². The lowest BCUT2D eigenvalue weighted by Crippen LogP contribution is -2.45. The lowest BCUT2D eigenvalue weighted by atomic mass is 9.78. The van der Waals surface area contributed by atoms with Crippen LogP contribution in [0.3, 0.4) is 0 Å². The van der Waals surface area contributed by atoms with Crippen molar-refractivity contribution in [2.24, 2.45) is 11.8 Å². The van der Waals surface area contributed by atoms with Crippen LogP contribution in [-0.4, -0.2) is 31.1 Å². The van der Waals surface area contributed by atoms with Gasteiger partial charge >= 0.3 is 5.97 Å². The Labute approximate surface area is 164 Å². The number of benzene rings is 1. The van der Waals surface area contributed by atoms with Crippen molar-refractivity contribution in [3.8, 4) is 5.75 Å². The van der Waals surface area contributed by atoms with Crippen molar-refractivity contribution < 1.29 is 19.1 Å². The molecule has 1 saturated carbocycles. The van der Waals surface area contributed by atoms with Crippen LogP contribution in [0.5, 0.6) is 5.75 Å². The Hall–Kier alpha value is -1.56. The monoisotopic (exact) mass is 425 g/mol. The first-order valence-corrected chi connectivity index (χ1v) is 10.1. The van der Waals surface area contributed by atoms with Crippen LogP contribution >= 0.6 is 15.9 Å². The number of amides is 1. The first-order valence-electron chi connectivity index (χ1n) is 9.29. The lowest BCUT2D eigenvalue weighted by Gasteiger charge is -2.34. The highest BCUT2D eigenvalue weighted by Crippen LogP contribution is 2.29. The summed E-state index contributed by atoms with van der Waals surface area (Å²) in [4.78, 5) is 23.8. The van der Waals surface area contributed by atoms with E-state index in [1.807, 2.05) is 24.3 Å². The van der Waals surface area contributed by atoms with E-state index in [-0.39, 0.29) is 30.9 Å². The van der Waals surface area contributed by atoms with E-state index in [2.05, 4.69) is 35.1 Å². The van der Waals surface area contributed by atoms with Crippen LogP contribution in [0.2, 0.25) is 0 Å². The number of ether oxygens (including phenoxy) is 2. The van der Waals surface area contributed by atoms with E-state index < -0.39 is 0 Å². The van der Waals surface area contributed by atoms with Gasteiger partial charge in [0.15, 0.2) is 6.61 Å². The molecule has 144 valence electrons. The zero-order chi connectivity index (χ0) is 18.9. The van der Waals surface area contributed by atoms with Crippen molar-refractivity contribution in [3.05, 3.63) is 28.7 Å². The highest BCUT2D eigenvalue weighted by atomic mass is 79.9. The summed E-state index contributed by atoms with van der Waals surface area (Å²) in [5, 5.41) is 3.00. The molecule has 0 spiro atoms. The van der Waals surface area contributed by atoms with Crippen LogP contribution in [-0.2, 0) is 14.3 Å². The third-order valence-electron chi connectivity index (χ3n) is 5.01. The van der Waals surface area contributed by atoms with Crippen LogP contribution in [0.4, 0.5) is 0 Å². The Morgan fingerprint density at radius 1 is 1.27 bits per heavy atom. The predicted molar refractivity (Wildman–Crippen MR) is 104 cm³/mol. The van der Waals surface area contributed by atoms with Crippen LogP contribution in [0.1, 0.15) is 46.0 Å². The molecule has 0 aromatic heterocycles. The molecule has 0 aliphatic heterocycles. The Morgan fingerprint density at radius 3 is 2.85 bits per heavy atom. The van der Waals surface area contributed by atoms with Gasteiger partial charge in [0, 0.05) is 16.9 Å². The zero-order valence-corrected chi connectivity index (χ0v) is 17.1. The van der Waals surface area contributed by atoms with Crippen LogP contribution in [0.25, 0.3) is 0 Å². The van der Waals surface area contributed by atoms with Crippen LogP contribution in [0.15, 0.2) is 28.7 Å². The van der Waals surface area contributed by atoms with Crippen molar-refractivity contribution in [2.75, 3.05) is 13.2 Å². The summed E-state index contributed by atoms with van der Waals surface area (Å²) in [7, 11) is 0. The Balaban J connectivity index is 1.58. The fraction of sp³-hybridized carbons (Fsp3) is 0.600. The number of nitrogens with one attached hydrogen (secondary N) is 1. The van der Waals surface area contributed by atoms with Crippen LogP contribution in [0, 0.1) is 11.8 Å². The molecule has 1 aromatic rings. The number of hydrogen-bond acceptors (Lipinski definition) is 4. The standard InChI is InChI=1S/C20H28BrNO4/c1-14-6-3-9-18(15(14)2)22-19(23)13-26-20(24)10-5-11-25-17-8-4-7-16(21)12-17/h4,7-8,12,14-15,18H,3,5-6,9-11,13H2,1-2H3,(H,22,23). The molecule has 0 heterocycles. The van der Waals surface area contributed by atoms with Crippen LogP contribution < -0.4 is 10.1 Å². The molecule has 1 N–H and O–H groups in total. The second kappa shape index (κ2) is 10.6. The van der Waals surface area contributed by atoms with Crippen molar-refractivity contribution in [1.82, 2.24) is 5.32 Å². The molecule has 1 fully saturated rings. The van der Waals surface area contributed by atoms with E-state index in [1.165, 1.54) is 6.42 Å². The molecule has 26 heavy (non-hydrogen) atoms. The van der Waals surface area contributed by atoms with Gasteiger partial charge in [-0.25, -0.2) is 0 Å². The van der Waals surface area contributed by atoms with Gasteiger partial charge < -0.3 is 14.8 Å². The summed E-state index contributed by atoms with van der Waals surface area (Å²) in [6.45, 7) is 4.61. The van der Waals surface area contributed by atoms with E-state index in [9.17, 15) is 9.59 Å². The second-order valence-electron chi connectivity index (χ2n) is 7.01. The number of carbonyl (C=O) groups excluding carboxylic acids is 2. The Bertz CT molecular complexity index is 607. The lowest BCUT2D eigenvalue weighted by molar-refractivity contribution is -0.149. The van der Waals surface area contributed by atoms with Crippen molar-refractivity contribution in [1.29, 1.82) is 0 Å². The largest absolute Gasteiger partial charge is 0.494 e. The highest BCUT2D eigenvalue weighted by molar-refractivity contribution is 9.10. The van der Waals surface area contributed by atoms with Gasteiger partial charge in [0.05, 0.1) is 6.61 Å². The molecule has 6 heteroatoms. The minimum atomic E-state index is -0.372. The zero-order valence-electron chi connectivity index (χ0n) is 15.5. The fourth-order valence-corrected chi connectivity index (χ4v) is 3.59. The predicted octanol–water partition coefficient (Wildman–Crippen LogP) is 4.09. The third-order valence-corrected chi connectivity index (χ3v) is 5.50. The molecule has 0 saturated heterocycles. The average molecular weight is 426 g/mol. The van der Waals surface area contributed by atoms with Gasteiger partial charge in [-0.05, 0) is 42.9 Å². The summed E-state index contributed by atoms with van der Waals surface area (Å²) in [6.07, 6.45) is 4.12. The van der Waals surface area contributed by atoms with Gasteiger partial charge in [0.2, 0.25) is 0 Å². The maximum absolute atomic E-state index is 12.0. The Kier molecular flexibility index (Phi) is 8.42. The molecule has 1 aromatic carbocycles. The van der Waals surface area contributed by atoms with Gasteiger partial charge in [0.25, 0.3) is 5.91 Å². The minimum absolute atomic E-state index is 0.184. The van der Waals surface area contributed by atoms with E-state index in [0.717, 1.165) is 23.1 Å². The van der Waals surface area contributed by atoms with E-state index >= 15 is 0 Å². The molecule has 1 amide bonds. The quantitative estimate of drug-likeness (QED) is 0.502. The molecule has 2 rings (SSSR count). The van der Waals surface area contributed by atoms with Gasteiger partial charge in [0.1, 0.15) is 5.75 Å². The number of carbonyl (C=O) groups is 2. The number of rotatable bonds is 8.